The second kappa shape index (κ2) is 8.52. The van der Waals surface area contributed by atoms with Crippen LogP contribution in [0.4, 0.5) is 5.69 Å². The molecular formula is C16H20Cl2N2O3. The average molecular weight is 359 g/mol. The topological polar surface area (TPSA) is 58.6 Å². The molecule has 1 aromatic carbocycles. The number of halogens is 2. The van der Waals surface area contributed by atoms with Gasteiger partial charge in [0.25, 0.3) is 0 Å². The number of nitrogens with one attached hydrogen (secondary N) is 1. The largest absolute Gasteiger partial charge is 0.466 e. The molecule has 1 heterocycles. The minimum Gasteiger partial charge on any atom is -0.466 e. The fourth-order valence-corrected chi connectivity index (χ4v) is 3.14. The number of ether oxygens (including phenoxy) is 1. The zero-order valence-electron chi connectivity index (χ0n) is 13.0. The van der Waals surface area contributed by atoms with Crippen LogP contribution in [0.25, 0.3) is 0 Å². The third-order valence-electron chi connectivity index (χ3n) is 3.72. The number of nitrogens with zero attached hydrogens (tertiary/aromatic N) is 1. The van der Waals surface area contributed by atoms with Crippen LogP contribution >= 0.6 is 23.2 Å². The number of para-hydroxylation sites is 1. The number of esters is 1. The number of benzene rings is 1. The summed E-state index contributed by atoms with van der Waals surface area (Å²) in [5.74, 6) is -0.559. The molecule has 1 aliphatic heterocycles. The third-order valence-corrected chi connectivity index (χ3v) is 4.35. The Labute approximate surface area is 145 Å². The van der Waals surface area contributed by atoms with Gasteiger partial charge < -0.3 is 10.1 Å². The first-order chi connectivity index (χ1) is 11.0. The van der Waals surface area contributed by atoms with Crippen LogP contribution in [0.1, 0.15) is 19.8 Å². The van der Waals surface area contributed by atoms with Gasteiger partial charge in [-0.25, -0.2) is 0 Å². The van der Waals surface area contributed by atoms with Crippen molar-refractivity contribution in [3.05, 3.63) is 28.2 Å². The van der Waals surface area contributed by atoms with Crippen molar-refractivity contribution in [2.24, 2.45) is 5.92 Å². The predicted octanol–water partition coefficient (Wildman–Crippen LogP) is 3.21. The summed E-state index contributed by atoms with van der Waals surface area (Å²) >= 11 is 12.1. The molecule has 0 spiro atoms. The first-order valence-electron chi connectivity index (χ1n) is 7.64. The van der Waals surface area contributed by atoms with E-state index < -0.39 is 0 Å². The molecule has 1 amide bonds. The Balaban J connectivity index is 1.91. The van der Waals surface area contributed by atoms with Crippen molar-refractivity contribution in [3.8, 4) is 0 Å². The third kappa shape index (κ3) is 5.09. The molecule has 0 saturated carbocycles. The lowest BCUT2D eigenvalue weighted by atomic mass is 9.98. The molecule has 1 aliphatic rings. The maximum absolute atomic E-state index is 12.2. The van der Waals surface area contributed by atoms with Crippen LogP contribution in [0.5, 0.6) is 0 Å². The lowest BCUT2D eigenvalue weighted by Gasteiger charge is -2.30. The van der Waals surface area contributed by atoms with E-state index in [1.165, 1.54) is 0 Å². The van der Waals surface area contributed by atoms with E-state index in [-0.39, 0.29) is 24.3 Å². The van der Waals surface area contributed by atoms with Crippen LogP contribution in [0.15, 0.2) is 18.2 Å². The zero-order valence-corrected chi connectivity index (χ0v) is 14.5. The maximum Gasteiger partial charge on any atom is 0.310 e. The summed E-state index contributed by atoms with van der Waals surface area (Å²) in [5, 5.41) is 3.53. The molecular weight excluding hydrogens is 339 g/mol. The molecule has 126 valence electrons. The van der Waals surface area contributed by atoms with E-state index in [0.717, 1.165) is 19.4 Å². The lowest BCUT2D eigenvalue weighted by Crippen LogP contribution is -2.43. The van der Waals surface area contributed by atoms with Gasteiger partial charge in [-0.05, 0) is 38.4 Å². The second-order valence-corrected chi connectivity index (χ2v) is 6.29. The van der Waals surface area contributed by atoms with Crippen LogP contribution in [0, 0.1) is 5.92 Å². The van der Waals surface area contributed by atoms with Gasteiger partial charge in [0.2, 0.25) is 5.91 Å². The van der Waals surface area contributed by atoms with Gasteiger partial charge in [0.1, 0.15) is 0 Å². The molecule has 0 radical (unpaired) electrons. The molecule has 1 atom stereocenters. The molecule has 0 aliphatic carbocycles. The Morgan fingerprint density at radius 2 is 2.04 bits per heavy atom. The van der Waals surface area contributed by atoms with Gasteiger partial charge in [0, 0.05) is 6.54 Å². The quantitative estimate of drug-likeness (QED) is 0.821. The number of hydrogen-bond donors (Lipinski definition) is 1. The molecule has 2 rings (SSSR count). The average Bonchev–Trinajstić information content (AvgIpc) is 2.51. The highest BCUT2D eigenvalue weighted by molar-refractivity contribution is 6.39. The molecule has 1 saturated heterocycles. The Kier molecular flexibility index (Phi) is 6.69. The van der Waals surface area contributed by atoms with Crippen molar-refractivity contribution in [1.29, 1.82) is 0 Å². The zero-order chi connectivity index (χ0) is 16.8. The van der Waals surface area contributed by atoms with Crippen LogP contribution in [0.2, 0.25) is 10.0 Å². The number of rotatable bonds is 5. The summed E-state index contributed by atoms with van der Waals surface area (Å²) in [5.41, 5.74) is 0.416. The van der Waals surface area contributed by atoms with E-state index in [2.05, 4.69) is 5.32 Å². The van der Waals surface area contributed by atoms with Gasteiger partial charge >= 0.3 is 5.97 Å². The maximum atomic E-state index is 12.2. The molecule has 23 heavy (non-hydrogen) atoms. The summed E-state index contributed by atoms with van der Waals surface area (Å²) in [7, 11) is 0. The second-order valence-electron chi connectivity index (χ2n) is 5.47. The summed E-state index contributed by atoms with van der Waals surface area (Å²) in [6, 6.07) is 5.05. The molecule has 0 unspecified atom stereocenters. The van der Waals surface area contributed by atoms with Crippen LogP contribution in [0.3, 0.4) is 0 Å². The van der Waals surface area contributed by atoms with E-state index in [9.17, 15) is 9.59 Å². The highest BCUT2D eigenvalue weighted by atomic mass is 35.5. The lowest BCUT2D eigenvalue weighted by molar-refractivity contribution is -0.150. The Morgan fingerprint density at radius 1 is 1.35 bits per heavy atom. The van der Waals surface area contributed by atoms with Crippen molar-refractivity contribution in [2.75, 3.05) is 31.6 Å². The number of hydrogen-bond acceptors (Lipinski definition) is 4. The highest BCUT2D eigenvalue weighted by Crippen LogP contribution is 2.29. The van der Waals surface area contributed by atoms with Gasteiger partial charge in [0.05, 0.1) is 34.8 Å². The number of piperidine rings is 1. The van der Waals surface area contributed by atoms with Gasteiger partial charge in [0.15, 0.2) is 0 Å². The normalized spacial score (nSPS) is 18.5. The Bertz CT molecular complexity index is 560. The van der Waals surface area contributed by atoms with Gasteiger partial charge in [-0.15, -0.1) is 0 Å². The molecule has 0 aromatic heterocycles. The van der Waals surface area contributed by atoms with Crippen LogP contribution in [-0.2, 0) is 14.3 Å². The SMILES string of the molecule is CCOC(=O)[C@@H]1CCCN(CC(=O)Nc2c(Cl)cccc2Cl)C1. The van der Waals surface area contributed by atoms with Gasteiger partial charge in [-0.3, -0.25) is 14.5 Å². The van der Waals surface area contributed by atoms with Crippen molar-refractivity contribution in [2.45, 2.75) is 19.8 Å². The minimum absolute atomic E-state index is 0.166. The van der Waals surface area contributed by atoms with Crippen molar-refractivity contribution in [3.63, 3.8) is 0 Å². The Morgan fingerprint density at radius 3 is 2.70 bits per heavy atom. The van der Waals surface area contributed by atoms with Crippen molar-refractivity contribution in [1.82, 2.24) is 4.90 Å². The summed E-state index contributed by atoms with van der Waals surface area (Å²) in [6.07, 6.45) is 1.66. The highest BCUT2D eigenvalue weighted by Gasteiger charge is 2.27. The molecule has 7 heteroatoms. The van der Waals surface area contributed by atoms with Crippen LogP contribution in [-0.4, -0.2) is 43.0 Å². The van der Waals surface area contributed by atoms with E-state index in [4.69, 9.17) is 27.9 Å². The van der Waals surface area contributed by atoms with Gasteiger partial charge in [-0.2, -0.15) is 0 Å². The van der Waals surface area contributed by atoms with E-state index >= 15 is 0 Å². The summed E-state index contributed by atoms with van der Waals surface area (Å²) in [4.78, 5) is 26.0. The van der Waals surface area contributed by atoms with E-state index in [1.54, 1.807) is 25.1 Å². The van der Waals surface area contributed by atoms with E-state index in [0.29, 0.717) is 28.9 Å². The number of likely N-dealkylation sites (tertiary alicyclic amines) is 1. The molecule has 1 N–H and O–H groups in total. The first-order valence-corrected chi connectivity index (χ1v) is 8.39. The van der Waals surface area contributed by atoms with Crippen LogP contribution < -0.4 is 5.32 Å². The first kappa shape index (κ1) is 18.0. The molecule has 1 aromatic rings. The molecule has 5 nitrogen and oxygen atoms in total. The number of carbonyl (C=O) groups is 2. The molecule has 0 bridgehead atoms. The molecule has 1 fully saturated rings. The number of carbonyl (C=O) groups excluding carboxylic acids is 2. The summed E-state index contributed by atoms with van der Waals surface area (Å²) < 4.78 is 5.06. The van der Waals surface area contributed by atoms with Crippen molar-refractivity contribution < 1.29 is 14.3 Å². The number of anilines is 1. The Hall–Kier alpha value is -1.30. The van der Waals surface area contributed by atoms with Crippen molar-refractivity contribution >= 4 is 40.8 Å². The van der Waals surface area contributed by atoms with Gasteiger partial charge in [-0.1, -0.05) is 29.3 Å². The van der Waals surface area contributed by atoms with E-state index in [1.807, 2.05) is 4.90 Å². The predicted molar refractivity (Wildman–Crippen MR) is 90.9 cm³/mol. The fraction of sp³-hybridized carbons (Fsp3) is 0.500. The fourth-order valence-electron chi connectivity index (χ4n) is 2.65. The monoisotopic (exact) mass is 358 g/mol. The summed E-state index contributed by atoms with van der Waals surface area (Å²) in [6.45, 7) is 3.67. The smallest absolute Gasteiger partial charge is 0.310 e. The number of amides is 1. The standard InChI is InChI=1S/C16H20Cl2N2O3/c1-2-23-16(22)11-5-4-8-20(9-11)10-14(21)19-15-12(17)6-3-7-13(15)18/h3,6-7,11H,2,4-5,8-10H2,1H3,(H,19,21)/t11-/m1/s1. The minimum atomic E-state index is -0.204.